The summed E-state index contributed by atoms with van der Waals surface area (Å²) in [6.45, 7) is -5.64. The Hall–Kier alpha value is -1.19. The van der Waals surface area contributed by atoms with Crippen LogP contribution >= 0.6 is 15.6 Å². The highest BCUT2D eigenvalue weighted by molar-refractivity contribution is 7.47. The average molecular weight is 1010 g/mol. The molecule has 4 aliphatic heterocycles. The van der Waals surface area contributed by atoms with Gasteiger partial charge in [-0.3, -0.25) is 22.9 Å². The number of hydrogen-bond donors (Lipinski definition) is 18. The van der Waals surface area contributed by atoms with E-state index in [2.05, 4.69) is 5.32 Å². The molecule has 0 bridgehead atoms. The van der Waals surface area contributed by atoms with E-state index in [1.807, 2.05) is 0 Å². The van der Waals surface area contributed by atoms with E-state index in [0.29, 0.717) is 0 Å². The van der Waals surface area contributed by atoms with Crippen molar-refractivity contribution in [3.05, 3.63) is 0 Å². The van der Waals surface area contributed by atoms with Gasteiger partial charge in [-0.15, -0.1) is 0 Å². The third kappa shape index (κ3) is 14.0. The number of nitrogens with two attached hydrogens (primary N) is 2. The van der Waals surface area contributed by atoms with Crippen LogP contribution in [0.25, 0.3) is 0 Å². The van der Waals surface area contributed by atoms with Crippen molar-refractivity contribution >= 4 is 21.6 Å². The lowest BCUT2D eigenvalue weighted by Crippen LogP contribution is -2.70. The van der Waals surface area contributed by atoms with Crippen molar-refractivity contribution in [2.24, 2.45) is 11.5 Å². The topological polar surface area (TPSA) is 520 Å². The largest absolute Gasteiger partial charge is 0.472 e. The molecule has 24 atom stereocenters. The molecule has 4 aliphatic rings. The van der Waals surface area contributed by atoms with Crippen LogP contribution in [0.15, 0.2) is 0 Å². The van der Waals surface area contributed by atoms with Crippen molar-refractivity contribution in [1.29, 1.82) is 0 Å². The molecule has 34 heteroatoms. The summed E-state index contributed by atoms with van der Waals surface area (Å²) in [5.41, 5.74) is 10.8. The Morgan fingerprint density at radius 3 is 1.71 bits per heavy atom. The standard InChI is InChI=1S/C32H61N3O29P2/c1-10(40)35-15-18(44)16(42)12(7-37)56-30(15)62-28-26(64-66(52,53)55-5-3-34)21(47)24(14(9-39)63-65(50,51)54-4-2-33)59-32(28)60-25-22(48)29(49)58-23(11(41)6-36)27(25)61-31-20(46)19(45)17(43)13(8-38)57-31/h11-32,36-39,41-49H,2-9,33-34H2,1H3,(H,35,40)(H,50,51)(H,52,53)/t11-,12+,13+,14-,15+,16+,17+,18+,19-,20+,21+,22-,23+,24+,25+,26-,27+,28-,29-,30+,31-,32+/m0/s1. The highest BCUT2D eigenvalue weighted by Crippen LogP contribution is 2.50. The Balaban J connectivity index is 1.93. The third-order valence-electron chi connectivity index (χ3n) is 10.5. The molecule has 4 rings (SSSR count). The van der Waals surface area contributed by atoms with Crippen LogP contribution in [0.3, 0.4) is 0 Å². The zero-order chi connectivity index (χ0) is 49.4. The van der Waals surface area contributed by atoms with Gasteiger partial charge in [-0.1, -0.05) is 0 Å². The molecule has 20 N–H and O–H groups in total. The first-order valence-corrected chi connectivity index (χ1v) is 23.1. The minimum atomic E-state index is -5.51. The van der Waals surface area contributed by atoms with E-state index in [1.165, 1.54) is 0 Å². The van der Waals surface area contributed by atoms with Crippen LogP contribution < -0.4 is 16.8 Å². The van der Waals surface area contributed by atoms with Gasteiger partial charge in [0.25, 0.3) is 0 Å². The molecule has 4 saturated heterocycles. The molecule has 4 fully saturated rings. The Labute approximate surface area is 374 Å². The Morgan fingerprint density at radius 2 is 1.17 bits per heavy atom. The molecule has 66 heavy (non-hydrogen) atoms. The van der Waals surface area contributed by atoms with Crippen molar-refractivity contribution < 1.29 is 141 Å². The lowest BCUT2D eigenvalue weighted by Gasteiger charge is -2.51. The molecule has 0 aromatic rings. The first kappa shape index (κ1) is 57.4. The van der Waals surface area contributed by atoms with Gasteiger partial charge in [-0.25, -0.2) is 9.13 Å². The zero-order valence-corrected chi connectivity index (χ0v) is 36.6. The van der Waals surface area contributed by atoms with E-state index in [1.54, 1.807) is 0 Å². The summed E-state index contributed by atoms with van der Waals surface area (Å²) >= 11 is 0. The number of amides is 1. The summed E-state index contributed by atoms with van der Waals surface area (Å²) in [6.07, 6.45) is -46.1. The number of phosphoric ester groups is 2. The molecule has 4 heterocycles. The van der Waals surface area contributed by atoms with Crippen LogP contribution in [0, 0.1) is 0 Å². The SMILES string of the molecule is CC(=O)N[C@H]1[C@@H](O[C@@H]2[C@@H](O[C@@H]3[C@H](O)[C@@H](O)O[C@H]([C@@H](O)CO)[C@H]3O[C@@H]3O[C@H](CO)[C@@H](O)[C@H](O)[C@H]3O)O[C@H]([C@H](CO)OP(=O)(O)OCCN)[C@@H](O)[C@@H]2OP(=O)(O)OCCN)O[C@H](CO)[C@@H](O)[C@@H]1O. The summed E-state index contributed by atoms with van der Waals surface area (Å²) in [7, 11) is -10.8. The first-order valence-electron chi connectivity index (χ1n) is 20.1. The average Bonchev–Trinajstić information content (AvgIpc) is 3.27. The molecule has 1 amide bonds. The number of rotatable bonds is 23. The number of ether oxygens (including phenoxy) is 7. The van der Waals surface area contributed by atoms with E-state index in [9.17, 15) is 90.1 Å². The van der Waals surface area contributed by atoms with E-state index < -0.39 is 203 Å². The summed E-state index contributed by atoms with van der Waals surface area (Å²) in [5, 5.41) is 141. The lowest BCUT2D eigenvalue weighted by molar-refractivity contribution is -0.400. The smallest absolute Gasteiger partial charge is 0.394 e. The number of aliphatic hydroxyl groups is 13. The highest BCUT2D eigenvalue weighted by atomic mass is 31.2. The van der Waals surface area contributed by atoms with Crippen LogP contribution in [0.4, 0.5) is 0 Å². The molecule has 0 spiro atoms. The van der Waals surface area contributed by atoms with Crippen LogP contribution in [0.1, 0.15) is 6.92 Å². The van der Waals surface area contributed by atoms with Gasteiger partial charge >= 0.3 is 15.6 Å². The van der Waals surface area contributed by atoms with Crippen molar-refractivity contribution in [2.45, 2.75) is 142 Å². The number of hydrogen-bond acceptors (Lipinski definition) is 29. The Bertz CT molecular complexity index is 1600. The molecule has 0 aromatic heterocycles. The maximum absolute atomic E-state index is 13.4. The predicted octanol–water partition coefficient (Wildman–Crippen LogP) is -10.7. The van der Waals surface area contributed by atoms with Crippen molar-refractivity contribution in [2.75, 3.05) is 52.7 Å². The van der Waals surface area contributed by atoms with Crippen LogP contribution in [-0.2, 0) is 65.2 Å². The predicted molar refractivity (Wildman–Crippen MR) is 205 cm³/mol. The first-order chi connectivity index (χ1) is 31.0. The fourth-order valence-electron chi connectivity index (χ4n) is 7.27. The molecule has 0 saturated carbocycles. The van der Waals surface area contributed by atoms with Gasteiger partial charge < -0.3 is 126 Å². The second-order valence-electron chi connectivity index (χ2n) is 15.2. The second-order valence-corrected chi connectivity index (χ2v) is 18.0. The van der Waals surface area contributed by atoms with E-state index in [0.717, 1.165) is 6.92 Å². The zero-order valence-electron chi connectivity index (χ0n) is 34.8. The summed E-state index contributed by atoms with van der Waals surface area (Å²) in [6, 6.07) is -1.85. The third-order valence-corrected chi connectivity index (χ3v) is 12.5. The number of aliphatic hydroxyl groups excluding tert-OH is 13. The number of nitrogens with one attached hydrogen (secondary N) is 1. The molecule has 2 unspecified atom stereocenters. The maximum Gasteiger partial charge on any atom is 0.472 e. The van der Waals surface area contributed by atoms with Gasteiger partial charge in [0.2, 0.25) is 5.91 Å². The fraction of sp³-hybridized carbons (Fsp3) is 0.969. The van der Waals surface area contributed by atoms with Gasteiger partial charge in [0.15, 0.2) is 25.2 Å². The monoisotopic (exact) mass is 1010 g/mol. The van der Waals surface area contributed by atoms with E-state index in [-0.39, 0.29) is 6.54 Å². The van der Waals surface area contributed by atoms with Crippen molar-refractivity contribution in [3.8, 4) is 0 Å². The maximum atomic E-state index is 13.4. The quantitative estimate of drug-likeness (QED) is 0.0423. The molecule has 0 aliphatic carbocycles. The normalized spacial score (nSPS) is 42.8. The van der Waals surface area contributed by atoms with Gasteiger partial charge in [0, 0.05) is 20.0 Å². The molecular weight excluding hydrogens is 952 g/mol. The van der Waals surface area contributed by atoms with Crippen LogP contribution in [-0.4, -0.2) is 270 Å². The molecule has 388 valence electrons. The van der Waals surface area contributed by atoms with Gasteiger partial charge in [0.05, 0.1) is 39.6 Å². The molecule has 0 radical (unpaired) electrons. The highest BCUT2D eigenvalue weighted by Gasteiger charge is 2.59. The lowest BCUT2D eigenvalue weighted by atomic mass is 9.92. The van der Waals surface area contributed by atoms with E-state index >= 15 is 0 Å². The summed E-state index contributed by atoms with van der Waals surface area (Å²) < 4.78 is 86.5. The fourth-order valence-corrected chi connectivity index (χ4v) is 9.14. The minimum absolute atomic E-state index is 0.330. The molecule has 0 aromatic carbocycles. The van der Waals surface area contributed by atoms with Gasteiger partial charge in [-0.05, 0) is 0 Å². The van der Waals surface area contributed by atoms with Crippen molar-refractivity contribution in [1.82, 2.24) is 5.32 Å². The summed E-state index contributed by atoms with van der Waals surface area (Å²) in [5.74, 6) is -0.893. The van der Waals surface area contributed by atoms with Gasteiger partial charge in [-0.2, -0.15) is 0 Å². The van der Waals surface area contributed by atoms with Crippen LogP contribution in [0.5, 0.6) is 0 Å². The van der Waals surface area contributed by atoms with Crippen LogP contribution in [0.2, 0.25) is 0 Å². The second kappa shape index (κ2) is 25.3. The minimum Gasteiger partial charge on any atom is -0.394 e. The van der Waals surface area contributed by atoms with Crippen molar-refractivity contribution in [3.63, 3.8) is 0 Å². The molecular formula is C32H61N3O29P2. The summed E-state index contributed by atoms with van der Waals surface area (Å²) in [4.78, 5) is 33.6. The Morgan fingerprint density at radius 1 is 0.621 bits per heavy atom. The number of phosphoric acid groups is 2. The Kier molecular flexibility index (Phi) is 22.0. The number of carbonyl (C=O) groups is 1. The number of carbonyl (C=O) groups excluding carboxylic acids is 1. The van der Waals surface area contributed by atoms with Gasteiger partial charge in [0.1, 0.15) is 110 Å². The van der Waals surface area contributed by atoms with E-state index in [4.69, 9.17) is 62.7 Å². The molecule has 32 nitrogen and oxygen atoms in total.